The second kappa shape index (κ2) is 9.00. The van der Waals surface area contributed by atoms with Gasteiger partial charge in [-0.05, 0) is 19.8 Å². The highest BCUT2D eigenvalue weighted by Gasteiger charge is 2.20. The summed E-state index contributed by atoms with van der Waals surface area (Å²) in [6.45, 7) is 2.02. The largest absolute Gasteiger partial charge is 0.327 e. The molecule has 1 aromatic heterocycles. The molecule has 1 heterocycles. The van der Waals surface area contributed by atoms with E-state index in [1.165, 1.54) is 57.8 Å². The van der Waals surface area contributed by atoms with Crippen LogP contribution in [-0.2, 0) is 0 Å². The Morgan fingerprint density at radius 2 is 1.55 bits per heavy atom. The Hall–Kier alpha value is -0.130. The molecule has 1 aromatic rings. The van der Waals surface area contributed by atoms with E-state index < -0.39 is 0 Å². The van der Waals surface area contributed by atoms with Gasteiger partial charge < -0.3 is 5.73 Å². The third kappa shape index (κ3) is 5.70. The van der Waals surface area contributed by atoms with Crippen LogP contribution < -0.4 is 5.73 Å². The van der Waals surface area contributed by atoms with Gasteiger partial charge in [0.25, 0.3) is 0 Å². The first kappa shape index (κ1) is 16.2. The van der Waals surface area contributed by atoms with Crippen LogP contribution in [0.4, 0.5) is 0 Å². The van der Waals surface area contributed by atoms with Gasteiger partial charge in [0.2, 0.25) is 0 Å². The summed E-state index contributed by atoms with van der Waals surface area (Å²) >= 11 is 3.56. The Morgan fingerprint density at radius 3 is 2.15 bits per heavy atom. The second-order valence-corrected chi connectivity index (χ2v) is 8.48. The Bertz CT molecular complexity index is 381. The molecular formula is C15H27N3S2. The summed E-state index contributed by atoms with van der Waals surface area (Å²) in [5, 5.41) is 9.93. The van der Waals surface area contributed by atoms with Gasteiger partial charge in [0, 0.05) is 11.3 Å². The van der Waals surface area contributed by atoms with Crippen molar-refractivity contribution in [2.24, 2.45) is 5.73 Å². The van der Waals surface area contributed by atoms with E-state index in [1.807, 2.05) is 18.7 Å². The lowest BCUT2D eigenvalue weighted by atomic mass is 9.98. The van der Waals surface area contributed by atoms with Crippen LogP contribution in [0.5, 0.6) is 0 Å². The molecule has 5 heteroatoms. The number of hydrogen-bond donors (Lipinski definition) is 1. The first-order valence-electron chi connectivity index (χ1n) is 7.98. The quantitative estimate of drug-likeness (QED) is 0.870. The molecule has 2 N–H and O–H groups in total. The average Bonchev–Trinajstić information content (AvgIpc) is 2.83. The van der Waals surface area contributed by atoms with Gasteiger partial charge in [-0.25, -0.2) is 0 Å². The molecule has 0 bridgehead atoms. The lowest BCUT2D eigenvalue weighted by molar-refractivity contribution is 0.473. The number of nitrogens with zero attached hydrogens (tertiary/aromatic N) is 2. The summed E-state index contributed by atoms with van der Waals surface area (Å²) in [4.78, 5) is 0. The van der Waals surface area contributed by atoms with E-state index in [2.05, 4.69) is 10.2 Å². The van der Waals surface area contributed by atoms with Crippen molar-refractivity contribution in [2.75, 3.05) is 0 Å². The van der Waals surface area contributed by atoms with Crippen LogP contribution in [0.25, 0.3) is 0 Å². The molecule has 114 valence electrons. The normalized spacial score (nSPS) is 26.7. The molecule has 0 saturated heterocycles. The van der Waals surface area contributed by atoms with Crippen molar-refractivity contribution in [3.63, 3.8) is 0 Å². The molecule has 1 aliphatic carbocycles. The van der Waals surface area contributed by atoms with Crippen LogP contribution >= 0.6 is 23.1 Å². The van der Waals surface area contributed by atoms with Gasteiger partial charge in [-0.1, -0.05) is 74.5 Å². The summed E-state index contributed by atoms with van der Waals surface area (Å²) in [6, 6.07) is 0.309. The van der Waals surface area contributed by atoms with Crippen LogP contribution in [0, 0.1) is 6.92 Å². The summed E-state index contributed by atoms with van der Waals surface area (Å²) in [5.74, 6) is 0. The van der Waals surface area contributed by atoms with Crippen molar-refractivity contribution in [3.05, 3.63) is 5.01 Å². The number of rotatable bonds is 2. The van der Waals surface area contributed by atoms with Gasteiger partial charge in [0.15, 0.2) is 4.34 Å². The standard InChI is InChI=1S/C15H27N3S2/c1-12-17-18-15(19-12)20-14-11-9-7-5-3-2-4-6-8-10-13(14)16/h13-14H,2-11,16H2,1H3. The minimum Gasteiger partial charge on any atom is -0.327 e. The smallest absolute Gasteiger partial charge is 0.174 e. The first-order chi connectivity index (χ1) is 9.75. The Balaban J connectivity index is 1.90. The fourth-order valence-corrected chi connectivity index (χ4v) is 5.07. The second-order valence-electron chi connectivity index (χ2n) is 5.81. The zero-order valence-corrected chi connectivity index (χ0v) is 14.1. The van der Waals surface area contributed by atoms with E-state index in [0.717, 1.165) is 15.8 Å². The van der Waals surface area contributed by atoms with Crippen LogP contribution in [0.15, 0.2) is 4.34 Å². The molecule has 1 saturated carbocycles. The van der Waals surface area contributed by atoms with Gasteiger partial charge in [0.05, 0.1) is 0 Å². The molecule has 0 amide bonds. The molecule has 3 nitrogen and oxygen atoms in total. The molecule has 0 radical (unpaired) electrons. The van der Waals surface area contributed by atoms with Crippen molar-refractivity contribution in [1.82, 2.24) is 10.2 Å². The van der Waals surface area contributed by atoms with E-state index in [1.54, 1.807) is 11.3 Å². The molecular weight excluding hydrogens is 286 g/mol. The lowest BCUT2D eigenvalue weighted by Gasteiger charge is -2.23. The molecule has 2 unspecified atom stereocenters. The third-order valence-electron chi connectivity index (χ3n) is 4.01. The Labute approximate surface area is 131 Å². The van der Waals surface area contributed by atoms with Crippen LogP contribution in [-0.4, -0.2) is 21.5 Å². The van der Waals surface area contributed by atoms with Gasteiger partial charge in [0.1, 0.15) is 5.01 Å². The minimum absolute atomic E-state index is 0.309. The molecule has 2 atom stereocenters. The summed E-state index contributed by atoms with van der Waals surface area (Å²) in [6.07, 6.45) is 13.3. The maximum absolute atomic E-state index is 6.45. The maximum Gasteiger partial charge on any atom is 0.174 e. The maximum atomic E-state index is 6.45. The molecule has 1 aliphatic rings. The number of hydrogen-bond acceptors (Lipinski definition) is 5. The number of aryl methyl sites for hydroxylation is 1. The fourth-order valence-electron chi connectivity index (χ4n) is 2.79. The molecule has 0 spiro atoms. The highest BCUT2D eigenvalue weighted by molar-refractivity contribution is 8.01. The summed E-state index contributed by atoms with van der Waals surface area (Å²) in [5.41, 5.74) is 6.45. The van der Waals surface area contributed by atoms with E-state index in [9.17, 15) is 0 Å². The number of nitrogens with two attached hydrogens (primary N) is 1. The van der Waals surface area contributed by atoms with E-state index >= 15 is 0 Å². The van der Waals surface area contributed by atoms with Crippen molar-refractivity contribution in [2.45, 2.75) is 86.8 Å². The average molecular weight is 314 g/mol. The topological polar surface area (TPSA) is 51.8 Å². The van der Waals surface area contributed by atoms with Crippen molar-refractivity contribution in [3.8, 4) is 0 Å². The SMILES string of the molecule is Cc1nnc(SC2CCCCCCCCCCC2N)s1. The molecule has 0 aromatic carbocycles. The Morgan fingerprint density at radius 1 is 0.950 bits per heavy atom. The lowest BCUT2D eigenvalue weighted by Crippen LogP contribution is -2.32. The van der Waals surface area contributed by atoms with Crippen molar-refractivity contribution < 1.29 is 0 Å². The summed E-state index contributed by atoms with van der Waals surface area (Å²) < 4.78 is 1.09. The predicted molar refractivity (Wildman–Crippen MR) is 88.4 cm³/mol. The van der Waals surface area contributed by atoms with Crippen molar-refractivity contribution in [1.29, 1.82) is 0 Å². The van der Waals surface area contributed by atoms with Crippen LogP contribution in [0.1, 0.15) is 69.2 Å². The van der Waals surface area contributed by atoms with Crippen LogP contribution in [0.2, 0.25) is 0 Å². The van der Waals surface area contributed by atoms with Gasteiger partial charge in [-0.2, -0.15) is 0 Å². The van der Waals surface area contributed by atoms with Crippen LogP contribution in [0.3, 0.4) is 0 Å². The monoisotopic (exact) mass is 313 g/mol. The van der Waals surface area contributed by atoms with E-state index in [4.69, 9.17) is 5.73 Å². The zero-order valence-electron chi connectivity index (χ0n) is 12.5. The fraction of sp³-hybridized carbons (Fsp3) is 0.867. The third-order valence-corrected chi connectivity index (χ3v) is 6.36. The van der Waals surface area contributed by atoms with Gasteiger partial charge in [-0.15, -0.1) is 10.2 Å². The van der Waals surface area contributed by atoms with Gasteiger partial charge >= 0.3 is 0 Å². The van der Waals surface area contributed by atoms with Gasteiger partial charge in [-0.3, -0.25) is 0 Å². The van der Waals surface area contributed by atoms with Crippen molar-refractivity contribution >= 4 is 23.1 Å². The molecule has 1 fully saturated rings. The first-order valence-corrected chi connectivity index (χ1v) is 9.67. The predicted octanol–water partition coefficient (Wildman–Crippen LogP) is 4.55. The molecule has 2 rings (SSSR count). The summed E-state index contributed by atoms with van der Waals surface area (Å²) in [7, 11) is 0. The zero-order chi connectivity index (χ0) is 14.2. The minimum atomic E-state index is 0.309. The highest BCUT2D eigenvalue weighted by atomic mass is 32.2. The number of aromatic nitrogens is 2. The Kier molecular flexibility index (Phi) is 7.31. The molecule has 20 heavy (non-hydrogen) atoms. The number of thioether (sulfide) groups is 1. The van der Waals surface area contributed by atoms with E-state index in [0.29, 0.717) is 11.3 Å². The molecule has 0 aliphatic heterocycles. The highest BCUT2D eigenvalue weighted by Crippen LogP contribution is 2.32. The van der Waals surface area contributed by atoms with E-state index in [-0.39, 0.29) is 0 Å².